The van der Waals surface area contributed by atoms with E-state index in [9.17, 15) is 9.18 Å². The lowest BCUT2D eigenvalue weighted by Gasteiger charge is -2.38. The number of aryl methyl sites for hydroxylation is 1. The number of carbonyl (C=O) groups excluding carboxylic acids is 1. The Morgan fingerprint density at radius 1 is 1.18 bits per heavy atom. The molecule has 0 radical (unpaired) electrons. The van der Waals surface area contributed by atoms with Gasteiger partial charge >= 0.3 is 0 Å². The van der Waals surface area contributed by atoms with Gasteiger partial charge in [0.25, 0.3) is 0 Å². The van der Waals surface area contributed by atoms with Crippen LogP contribution in [0.2, 0.25) is 0 Å². The fourth-order valence-electron chi connectivity index (χ4n) is 4.93. The zero-order chi connectivity index (χ0) is 19.3. The number of pyridine rings is 1. The molecule has 1 atom stereocenters. The number of nitrogens with zero attached hydrogens (tertiary/aromatic N) is 3. The Morgan fingerprint density at radius 3 is 2.79 bits per heavy atom. The molecule has 2 heterocycles. The number of hydrogen-bond acceptors (Lipinski definition) is 3. The summed E-state index contributed by atoms with van der Waals surface area (Å²) in [4.78, 5) is 17.1. The molecule has 0 fully saturated rings. The first-order valence-electron chi connectivity index (χ1n) is 9.99. The molecular weight excluding hydrogens is 353 g/mol. The predicted molar refractivity (Wildman–Crippen MR) is 106 cm³/mol. The zero-order valence-corrected chi connectivity index (χ0v) is 15.9. The Labute approximate surface area is 163 Å². The minimum atomic E-state index is -0.266. The van der Waals surface area contributed by atoms with Crippen LogP contribution in [0, 0.1) is 5.82 Å². The number of ketones is 1. The minimum Gasteiger partial charge on any atom is -0.295 e. The molecule has 0 N–H and O–H groups in total. The standard InChI is InChI=1S/C23H22FN3O/c1-2-23-11-10-19(28)13-16(23)4-3-5-21-20(23)12-15-14-25-27(22(15)26-21)18-8-6-17(24)7-9-18/h6-9,12-14H,2-5,10-11H2,1H3. The molecule has 2 aromatic heterocycles. The van der Waals surface area contributed by atoms with Crippen molar-refractivity contribution in [2.75, 3.05) is 0 Å². The van der Waals surface area contributed by atoms with Crippen LogP contribution < -0.4 is 0 Å². The summed E-state index contributed by atoms with van der Waals surface area (Å²) in [5.41, 5.74) is 5.16. The lowest BCUT2D eigenvalue weighted by molar-refractivity contribution is -0.115. The molecular formula is C23H22FN3O. The van der Waals surface area contributed by atoms with E-state index in [4.69, 9.17) is 4.98 Å². The van der Waals surface area contributed by atoms with Gasteiger partial charge in [0.1, 0.15) is 5.82 Å². The molecule has 5 heteroatoms. The van der Waals surface area contributed by atoms with Crippen LogP contribution in [0.3, 0.4) is 0 Å². The van der Waals surface area contributed by atoms with Gasteiger partial charge in [-0.2, -0.15) is 5.10 Å². The Morgan fingerprint density at radius 2 is 2.00 bits per heavy atom. The molecule has 0 saturated carbocycles. The lowest BCUT2D eigenvalue weighted by atomic mass is 9.65. The molecule has 2 aliphatic carbocycles. The van der Waals surface area contributed by atoms with Gasteiger partial charge in [0.05, 0.1) is 11.9 Å². The van der Waals surface area contributed by atoms with Crippen molar-refractivity contribution in [2.24, 2.45) is 0 Å². The molecule has 1 unspecified atom stereocenters. The summed E-state index contributed by atoms with van der Waals surface area (Å²) in [6.45, 7) is 2.21. The summed E-state index contributed by atoms with van der Waals surface area (Å²) in [6.07, 6.45) is 9.01. The highest BCUT2D eigenvalue weighted by Gasteiger charge is 2.41. The third-order valence-corrected chi connectivity index (χ3v) is 6.42. The summed E-state index contributed by atoms with van der Waals surface area (Å²) >= 11 is 0. The van der Waals surface area contributed by atoms with Crippen LogP contribution in [0.15, 0.2) is 48.2 Å². The third-order valence-electron chi connectivity index (χ3n) is 6.42. The molecule has 28 heavy (non-hydrogen) atoms. The van der Waals surface area contributed by atoms with Crippen LogP contribution in [0.25, 0.3) is 16.7 Å². The molecule has 0 saturated heterocycles. The molecule has 0 bridgehead atoms. The molecule has 142 valence electrons. The van der Waals surface area contributed by atoms with Crippen molar-refractivity contribution in [1.82, 2.24) is 14.8 Å². The van der Waals surface area contributed by atoms with E-state index in [0.717, 1.165) is 54.5 Å². The zero-order valence-electron chi connectivity index (χ0n) is 15.9. The van der Waals surface area contributed by atoms with Gasteiger partial charge in [-0.1, -0.05) is 12.5 Å². The number of fused-ring (bicyclic) bond motifs is 4. The Balaban J connectivity index is 1.71. The number of allylic oxidation sites excluding steroid dienone is 2. The molecule has 3 aromatic rings. The molecule has 4 nitrogen and oxygen atoms in total. The molecule has 0 amide bonds. The van der Waals surface area contributed by atoms with Gasteiger partial charge in [0.2, 0.25) is 0 Å². The Hall–Kier alpha value is -2.82. The highest BCUT2D eigenvalue weighted by atomic mass is 19.1. The maximum atomic E-state index is 13.3. The number of hydrogen-bond donors (Lipinski definition) is 0. The van der Waals surface area contributed by atoms with E-state index in [0.29, 0.717) is 6.42 Å². The molecule has 0 aliphatic heterocycles. The highest BCUT2D eigenvalue weighted by Crippen LogP contribution is 2.48. The van der Waals surface area contributed by atoms with Crippen molar-refractivity contribution in [2.45, 2.75) is 50.9 Å². The second-order valence-corrected chi connectivity index (χ2v) is 7.85. The lowest BCUT2D eigenvalue weighted by Crippen LogP contribution is -2.32. The van der Waals surface area contributed by atoms with Gasteiger partial charge in [0, 0.05) is 22.9 Å². The van der Waals surface area contributed by atoms with Gasteiger partial charge in [-0.15, -0.1) is 0 Å². The van der Waals surface area contributed by atoms with Crippen molar-refractivity contribution in [3.63, 3.8) is 0 Å². The van der Waals surface area contributed by atoms with Gasteiger partial charge in [-0.3, -0.25) is 4.79 Å². The van der Waals surface area contributed by atoms with Crippen LogP contribution >= 0.6 is 0 Å². The van der Waals surface area contributed by atoms with Gasteiger partial charge < -0.3 is 0 Å². The average molecular weight is 375 g/mol. The Kier molecular flexibility index (Phi) is 3.93. The van der Waals surface area contributed by atoms with E-state index in [1.165, 1.54) is 23.3 Å². The SMILES string of the molecule is CCC12CCC(=O)C=C1CCCc1nc3c(cnn3-c3ccc(F)cc3)cc12. The largest absolute Gasteiger partial charge is 0.295 e. The number of carbonyl (C=O) groups is 1. The molecule has 2 aliphatic rings. The number of benzene rings is 1. The van der Waals surface area contributed by atoms with Gasteiger partial charge in [0.15, 0.2) is 11.4 Å². The minimum absolute atomic E-state index is 0.0844. The quantitative estimate of drug-likeness (QED) is 0.644. The van der Waals surface area contributed by atoms with E-state index in [-0.39, 0.29) is 17.0 Å². The van der Waals surface area contributed by atoms with E-state index in [1.54, 1.807) is 16.8 Å². The van der Waals surface area contributed by atoms with Crippen LogP contribution in [0.4, 0.5) is 4.39 Å². The highest BCUT2D eigenvalue weighted by molar-refractivity contribution is 5.92. The van der Waals surface area contributed by atoms with E-state index < -0.39 is 0 Å². The van der Waals surface area contributed by atoms with Gasteiger partial charge in [-0.25, -0.2) is 14.1 Å². The molecule has 1 aromatic carbocycles. The fourth-order valence-corrected chi connectivity index (χ4v) is 4.93. The molecule has 0 spiro atoms. The monoisotopic (exact) mass is 375 g/mol. The smallest absolute Gasteiger partial charge is 0.163 e. The maximum absolute atomic E-state index is 13.3. The van der Waals surface area contributed by atoms with E-state index in [2.05, 4.69) is 18.1 Å². The van der Waals surface area contributed by atoms with Crippen molar-refractivity contribution in [3.8, 4) is 5.69 Å². The first kappa shape index (κ1) is 17.3. The average Bonchev–Trinajstić information content (AvgIpc) is 3.04. The topological polar surface area (TPSA) is 47.8 Å². The first-order valence-corrected chi connectivity index (χ1v) is 9.99. The molecule has 5 rings (SSSR count). The van der Waals surface area contributed by atoms with E-state index >= 15 is 0 Å². The van der Waals surface area contributed by atoms with E-state index in [1.807, 2.05) is 12.3 Å². The van der Waals surface area contributed by atoms with Crippen molar-refractivity contribution >= 4 is 16.8 Å². The van der Waals surface area contributed by atoms with Crippen molar-refractivity contribution < 1.29 is 9.18 Å². The fraction of sp³-hybridized carbons (Fsp3) is 0.348. The number of aromatic nitrogens is 3. The van der Waals surface area contributed by atoms with Crippen LogP contribution in [-0.4, -0.2) is 20.5 Å². The van der Waals surface area contributed by atoms with Crippen molar-refractivity contribution in [3.05, 3.63) is 65.3 Å². The third kappa shape index (κ3) is 2.53. The van der Waals surface area contributed by atoms with Crippen LogP contribution in [0.1, 0.15) is 50.3 Å². The van der Waals surface area contributed by atoms with Crippen LogP contribution in [-0.2, 0) is 16.6 Å². The number of rotatable bonds is 2. The second-order valence-electron chi connectivity index (χ2n) is 7.85. The first-order chi connectivity index (χ1) is 13.6. The maximum Gasteiger partial charge on any atom is 0.163 e. The predicted octanol–water partition coefficient (Wildman–Crippen LogP) is 4.83. The normalized spacial score (nSPS) is 21.8. The second kappa shape index (κ2) is 6.36. The van der Waals surface area contributed by atoms with Crippen molar-refractivity contribution in [1.29, 1.82) is 0 Å². The van der Waals surface area contributed by atoms with Gasteiger partial charge in [-0.05, 0) is 74.1 Å². The Bertz CT molecular complexity index is 1110. The van der Waals surface area contributed by atoms with Crippen LogP contribution in [0.5, 0.6) is 0 Å². The summed E-state index contributed by atoms with van der Waals surface area (Å²) in [7, 11) is 0. The summed E-state index contributed by atoms with van der Waals surface area (Å²) in [5, 5.41) is 5.50. The number of halogens is 1. The summed E-state index contributed by atoms with van der Waals surface area (Å²) in [6, 6.07) is 8.54. The summed E-state index contributed by atoms with van der Waals surface area (Å²) < 4.78 is 15.1. The summed E-state index contributed by atoms with van der Waals surface area (Å²) in [5.74, 6) is -0.0150.